The molecule has 0 spiro atoms. The maximum Gasteiger partial charge on any atom is 0.165 e. The summed E-state index contributed by atoms with van der Waals surface area (Å²) >= 11 is 0. The van der Waals surface area contributed by atoms with Gasteiger partial charge in [-0.25, -0.2) is 4.39 Å². The fourth-order valence-corrected chi connectivity index (χ4v) is 1.32. The van der Waals surface area contributed by atoms with Crippen LogP contribution >= 0.6 is 0 Å². The third kappa shape index (κ3) is 5.31. The van der Waals surface area contributed by atoms with Crippen molar-refractivity contribution in [2.45, 2.75) is 0 Å². The second kappa shape index (κ2) is 7.63. The van der Waals surface area contributed by atoms with Crippen molar-refractivity contribution in [3.63, 3.8) is 0 Å². The monoisotopic (exact) mass is 235 g/mol. The van der Waals surface area contributed by atoms with E-state index in [9.17, 15) is 4.39 Å². The lowest BCUT2D eigenvalue weighted by Gasteiger charge is -2.10. The highest BCUT2D eigenvalue weighted by atomic mass is 19.1. The quantitative estimate of drug-likeness (QED) is 0.674. The predicted octanol–water partition coefficient (Wildman–Crippen LogP) is 2.88. The predicted molar refractivity (Wildman–Crippen MR) is 68.7 cm³/mol. The van der Waals surface area contributed by atoms with Gasteiger partial charge in [-0.2, -0.15) is 0 Å². The Bertz CT molecular complexity index is 376. The number of benzene rings is 1. The molecule has 0 aliphatic rings. The summed E-state index contributed by atoms with van der Waals surface area (Å²) in [6.07, 6.45) is 5.72. The maximum absolute atomic E-state index is 13.2. The van der Waals surface area contributed by atoms with Crippen molar-refractivity contribution in [3.8, 4) is 5.75 Å². The van der Waals surface area contributed by atoms with Gasteiger partial charge in [0.15, 0.2) is 11.6 Å². The molecule has 3 heteroatoms. The smallest absolute Gasteiger partial charge is 0.165 e. The molecule has 0 aromatic heterocycles. The summed E-state index contributed by atoms with van der Waals surface area (Å²) in [7, 11) is 2.00. The highest BCUT2D eigenvalue weighted by Crippen LogP contribution is 2.14. The molecular weight excluding hydrogens is 217 g/mol. The third-order valence-corrected chi connectivity index (χ3v) is 2.20. The van der Waals surface area contributed by atoms with Crippen molar-refractivity contribution >= 4 is 0 Å². The summed E-state index contributed by atoms with van der Waals surface area (Å²) < 4.78 is 18.4. The van der Waals surface area contributed by atoms with Gasteiger partial charge < -0.3 is 4.74 Å². The van der Waals surface area contributed by atoms with Crippen LogP contribution < -0.4 is 4.74 Å². The van der Waals surface area contributed by atoms with Gasteiger partial charge >= 0.3 is 0 Å². The molecule has 0 saturated carbocycles. The molecule has 0 aliphatic carbocycles. The molecule has 0 amide bonds. The second-order valence-electron chi connectivity index (χ2n) is 3.72. The minimum atomic E-state index is -0.329. The Morgan fingerprint density at radius 3 is 2.76 bits per heavy atom. The molecule has 92 valence electrons. The van der Waals surface area contributed by atoms with Crippen molar-refractivity contribution in [2.75, 3.05) is 26.7 Å². The van der Waals surface area contributed by atoms with Crippen LogP contribution in [0.15, 0.2) is 49.1 Å². The van der Waals surface area contributed by atoms with Crippen LogP contribution in [0.4, 0.5) is 4.39 Å². The summed E-state index contributed by atoms with van der Waals surface area (Å²) in [5.41, 5.74) is 0. The topological polar surface area (TPSA) is 12.5 Å². The van der Waals surface area contributed by atoms with Crippen molar-refractivity contribution in [2.24, 2.45) is 0 Å². The molecule has 0 heterocycles. The average molecular weight is 235 g/mol. The van der Waals surface area contributed by atoms with Crippen LogP contribution in [0.2, 0.25) is 0 Å². The first kappa shape index (κ1) is 13.5. The molecule has 1 aromatic carbocycles. The van der Waals surface area contributed by atoms with Gasteiger partial charge in [-0.05, 0) is 19.2 Å². The van der Waals surface area contributed by atoms with Gasteiger partial charge in [-0.1, -0.05) is 30.4 Å². The molecule has 0 N–H and O–H groups in total. The fraction of sp³-hybridized carbons (Fsp3) is 0.286. The van der Waals surface area contributed by atoms with Crippen molar-refractivity contribution in [3.05, 3.63) is 54.9 Å². The highest BCUT2D eigenvalue weighted by molar-refractivity contribution is 5.23. The first-order valence-electron chi connectivity index (χ1n) is 5.56. The zero-order chi connectivity index (χ0) is 12.5. The van der Waals surface area contributed by atoms with Gasteiger partial charge in [0.2, 0.25) is 0 Å². The minimum Gasteiger partial charge on any atom is -0.486 e. The van der Waals surface area contributed by atoms with Crippen molar-refractivity contribution in [1.82, 2.24) is 4.90 Å². The molecule has 17 heavy (non-hydrogen) atoms. The number of rotatable bonds is 7. The van der Waals surface area contributed by atoms with Crippen LogP contribution in [-0.2, 0) is 0 Å². The van der Waals surface area contributed by atoms with Crippen molar-refractivity contribution in [1.29, 1.82) is 0 Å². The van der Waals surface area contributed by atoms with Crippen LogP contribution in [0.25, 0.3) is 0 Å². The first-order chi connectivity index (χ1) is 8.24. The molecule has 0 saturated heterocycles. The molecule has 2 nitrogen and oxygen atoms in total. The lowest BCUT2D eigenvalue weighted by Crippen LogP contribution is -2.17. The second-order valence-corrected chi connectivity index (χ2v) is 3.72. The van der Waals surface area contributed by atoms with E-state index < -0.39 is 0 Å². The van der Waals surface area contributed by atoms with E-state index in [0.717, 1.165) is 13.1 Å². The highest BCUT2D eigenvalue weighted by Gasteiger charge is 1.98. The third-order valence-electron chi connectivity index (χ3n) is 2.20. The Morgan fingerprint density at radius 2 is 2.06 bits per heavy atom. The standard InChI is InChI=1S/C14H18FNO/c1-3-10-16(2)11-6-7-12-17-14-9-5-4-8-13(14)15/h3-9H,1,10-12H2,2H3/b7-6+. The number of halogens is 1. The molecule has 1 rings (SSSR count). The number of para-hydroxylation sites is 1. The van der Waals surface area contributed by atoms with Crippen molar-refractivity contribution < 1.29 is 9.13 Å². The molecule has 0 bridgehead atoms. The van der Waals surface area contributed by atoms with E-state index in [1.807, 2.05) is 25.3 Å². The van der Waals surface area contributed by atoms with E-state index in [1.165, 1.54) is 6.07 Å². The van der Waals surface area contributed by atoms with Gasteiger partial charge in [0.25, 0.3) is 0 Å². The van der Waals surface area contributed by atoms with E-state index in [2.05, 4.69) is 11.5 Å². The summed E-state index contributed by atoms with van der Waals surface area (Å²) in [4.78, 5) is 2.10. The SMILES string of the molecule is C=CCN(C)C/C=C/COc1ccccc1F. The summed E-state index contributed by atoms with van der Waals surface area (Å²) in [5.74, 6) is -0.0405. The number of hydrogen-bond acceptors (Lipinski definition) is 2. The van der Waals surface area contributed by atoms with E-state index in [4.69, 9.17) is 4.74 Å². The molecule has 0 atom stereocenters. The van der Waals surface area contributed by atoms with E-state index in [1.54, 1.807) is 18.2 Å². The van der Waals surface area contributed by atoms with Gasteiger partial charge in [0.1, 0.15) is 6.61 Å². The maximum atomic E-state index is 13.2. The van der Waals surface area contributed by atoms with Gasteiger partial charge in [-0.3, -0.25) is 4.90 Å². The normalized spacial score (nSPS) is 11.0. The number of ether oxygens (including phenoxy) is 1. The van der Waals surface area contributed by atoms with Crippen LogP contribution in [-0.4, -0.2) is 31.6 Å². The number of likely N-dealkylation sites (N-methyl/N-ethyl adjacent to an activating group) is 1. The molecule has 0 unspecified atom stereocenters. The molecular formula is C14H18FNO. The summed E-state index contributed by atoms with van der Waals surface area (Å²) in [6, 6.07) is 6.40. The van der Waals surface area contributed by atoms with Crippen LogP contribution in [0.1, 0.15) is 0 Å². The lowest BCUT2D eigenvalue weighted by molar-refractivity contribution is 0.340. The molecule has 0 aliphatic heterocycles. The number of nitrogens with zero attached hydrogens (tertiary/aromatic N) is 1. The Balaban J connectivity index is 2.26. The average Bonchev–Trinajstić information content (AvgIpc) is 2.31. The van der Waals surface area contributed by atoms with Gasteiger partial charge in [0.05, 0.1) is 0 Å². The lowest BCUT2D eigenvalue weighted by atomic mass is 10.3. The van der Waals surface area contributed by atoms with E-state index in [0.29, 0.717) is 6.61 Å². The van der Waals surface area contributed by atoms with E-state index >= 15 is 0 Å². The molecule has 0 fully saturated rings. The molecule has 1 aromatic rings. The Morgan fingerprint density at radius 1 is 1.29 bits per heavy atom. The Labute approximate surface area is 102 Å². The van der Waals surface area contributed by atoms with Crippen LogP contribution in [0, 0.1) is 5.82 Å². The molecule has 0 radical (unpaired) electrons. The zero-order valence-electron chi connectivity index (χ0n) is 10.1. The largest absolute Gasteiger partial charge is 0.486 e. The van der Waals surface area contributed by atoms with Crippen LogP contribution in [0.3, 0.4) is 0 Å². The minimum absolute atomic E-state index is 0.289. The first-order valence-corrected chi connectivity index (χ1v) is 5.56. The van der Waals surface area contributed by atoms with Gasteiger partial charge in [0, 0.05) is 13.1 Å². The summed E-state index contributed by atoms with van der Waals surface area (Å²) in [5, 5.41) is 0. The van der Waals surface area contributed by atoms with E-state index in [-0.39, 0.29) is 11.6 Å². The van der Waals surface area contributed by atoms with Gasteiger partial charge in [-0.15, -0.1) is 6.58 Å². The zero-order valence-corrected chi connectivity index (χ0v) is 10.1. The van der Waals surface area contributed by atoms with Crippen LogP contribution in [0.5, 0.6) is 5.75 Å². The number of hydrogen-bond donors (Lipinski definition) is 0. The fourth-order valence-electron chi connectivity index (χ4n) is 1.32. The Hall–Kier alpha value is -1.61. The Kier molecular flexibility index (Phi) is 6.04. The summed E-state index contributed by atoms with van der Waals surface area (Å²) in [6.45, 7) is 5.71.